The van der Waals surface area contributed by atoms with Crippen molar-refractivity contribution in [2.45, 2.75) is 26.3 Å². The molecule has 0 N–H and O–H groups in total. The van der Waals surface area contributed by atoms with Crippen LogP contribution < -0.4 is 0 Å². The Balaban J connectivity index is 6.97. The Hall–Kier alpha value is -1.96. The van der Waals surface area contributed by atoms with Crippen molar-refractivity contribution >= 4 is 26.3 Å². The van der Waals surface area contributed by atoms with Crippen LogP contribution in [0.2, 0.25) is 0 Å². The highest BCUT2D eigenvalue weighted by Gasteiger charge is 2.32. The maximum Gasteiger partial charge on any atom is 0.272 e. The summed E-state index contributed by atoms with van der Waals surface area (Å²) in [5, 5.41) is 5.03. The minimum atomic E-state index is -1.40. The lowest BCUT2D eigenvalue weighted by molar-refractivity contribution is 0.263. The van der Waals surface area contributed by atoms with Gasteiger partial charge in [-0.1, -0.05) is 0 Å². The fourth-order valence-electron chi connectivity index (χ4n) is 2.55. The monoisotopic (exact) mass is 444 g/mol. The molecule has 10 nitrogen and oxygen atoms in total. The largest absolute Gasteiger partial charge is 0.349 e. The van der Waals surface area contributed by atoms with E-state index < -0.39 is 8.37 Å². The Labute approximate surface area is 186 Å². The first kappa shape index (κ1) is 28.0. The molecule has 0 aromatic rings. The summed E-state index contributed by atoms with van der Waals surface area (Å²) in [5.74, 6) is 2.50. The molecule has 0 bridgehead atoms. The average molecular weight is 445 g/mol. The maximum absolute atomic E-state index is 5.09. The van der Waals surface area contributed by atoms with E-state index in [1.165, 1.54) is 0 Å². The van der Waals surface area contributed by atoms with Crippen molar-refractivity contribution in [1.29, 1.82) is 0 Å². The molecule has 0 heterocycles. The summed E-state index contributed by atoms with van der Waals surface area (Å²) in [5.41, 5.74) is -0.302. The molecule has 0 atom stereocenters. The highest BCUT2D eigenvalue weighted by Crippen LogP contribution is 2.49. The SMILES string of the molecule is CN(C)C(=NN(P(N=C(N(C)C)N(C)C)N=C(N(C)C)N(C)C)C(C)(C)C)N(C)C. The molecule has 0 aromatic heterocycles. The molecule has 0 saturated heterocycles. The Bertz CT molecular complexity index is 555. The van der Waals surface area contributed by atoms with E-state index in [1.54, 1.807) is 0 Å². The van der Waals surface area contributed by atoms with Crippen molar-refractivity contribution in [3.8, 4) is 0 Å². The van der Waals surface area contributed by atoms with E-state index >= 15 is 0 Å². The molecule has 0 fully saturated rings. The smallest absolute Gasteiger partial charge is 0.272 e. The Morgan fingerprint density at radius 3 is 0.967 bits per heavy atom. The van der Waals surface area contributed by atoms with Crippen molar-refractivity contribution in [3.05, 3.63) is 0 Å². The lowest BCUT2D eigenvalue weighted by Crippen LogP contribution is -2.42. The van der Waals surface area contributed by atoms with Gasteiger partial charge in [-0.3, -0.25) is 0 Å². The first-order valence-electron chi connectivity index (χ1n) is 9.90. The summed E-state index contributed by atoms with van der Waals surface area (Å²) in [7, 11) is 22.5. The first-order chi connectivity index (χ1) is 13.5. The molecule has 0 aromatic carbocycles. The third-order valence-corrected chi connectivity index (χ3v) is 5.46. The first-order valence-corrected chi connectivity index (χ1v) is 11.1. The third-order valence-electron chi connectivity index (χ3n) is 3.71. The van der Waals surface area contributed by atoms with Gasteiger partial charge in [-0.15, -0.1) is 5.10 Å². The molecule has 0 aliphatic heterocycles. The summed E-state index contributed by atoms with van der Waals surface area (Å²) in [4.78, 5) is 12.0. The van der Waals surface area contributed by atoms with E-state index in [2.05, 4.69) is 20.8 Å². The van der Waals surface area contributed by atoms with Gasteiger partial charge in [0.1, 0.15) is 0 Å². The van der Waals surface area contributed by atoms with Gasteiger partial charge in [0.25, 0.3) is 8.37 Å². The van der Waals surface area contributed by atoms with Gasteiger partial charge in [0.15, 0.2) is 0 Å². The summed E-state index contributed by atoms with van der Waals surface area (Å²) in [6.45, 7) is 6.40. The Morgan fingerprint density at radius 1 is 0.500 bits per heavy atom. The van der Waals surface area contributed by atoms with E-state index in [1.807, 2.05) is 119 Å². The van der Waals surface area contributed by atoms with Crippen LogP contribution in [0.1, 0.15) is 20.8 Å². The molecule has 0 spiro atoms. The number of guanidine groups is 3. The predicted molar refractivity (Wildman–Crippen MR) is 133 cm³/mol. The maximum atomic E-state index is 5.09. The molecule has 0 aliphatic rings. The number of nitrogens with zero attached hydrogens (tertiary/aromatic N) is 10. The van der Waals surface area contributed by atoms with Crippen molar-refractivity contribution in [1.82, 2.24) is 34.2 Å². The quantitative estimate of drug-likeness (QED) is 0.283. The number of rotatable bonds is 4. The van der Waals surface area contributed by atoms with E-state index in [4.69, 9.17) is 14.6 Å². The van der Waals surface area contributed by atoms with Gasteiger partial charge in [0, 0.05) is 84.6 Å². The Morgan fingerprint density at radius 2 is 0.767 bits per heavy atom. The minimum Gasteiger partial charge on any atom is -0.349 e. The summed E-state index contributed by atoms with van der Waals surface area (Å²) >= 11 is 0. The lowest BCUT2D eigenvalue weighted by Gasteiger charge is -2.38. The highest BCUT2D eigenvalue weighted by atomic mass is 31.1. The Kier molecular flexibility index (Phi) is 10.7. The van der Waals surface area contributed by atoms with Crippen LogP contribution in [0.3, 0.4) is 0 Å². The molecular formula is C19H45N10P. The zero-order chi connectivity index (χ0) is 24.0. The molecule has 0 saturated carbocycles. The van der Waals surface area contributed by atoms with E-state index in [9.17, 15) is 0 Å². The van der Waals surface area contributed by atoms with Gasteiger partial charge in [-0.05, 0) is 20.8 Å². The van der Waals surface area contributed by atoms with Crippen LogP contribution in [0, 0.1) is 0 Å². The molecule has 0 aliphatic carbocycles. The fraction of sp³-hybridized carbons (Fsp3) is 0.842. The molecule has 11 heteroatoms. The van der Waals surface area contributed by atoms with Crippen LogP contribution in [-0.4, -0.2) is 142 Å². The zero-order valence-electron chi connectivity index (χ0n) is 21.9. The lowest BCUT2D eigenvalue weighted by atomic mass is 10.1. The second kappa shape index (κ2) is 11.4. The summed E-state index contributed by atoms with van der Waals surface area (Å²) in [6.07, 6.45) is 0. The predicted octanol–water partition coefficient (Wildman–Crippen LogP) is 1.67. The zero-order valence-corrected chi connectivity index (χ0v) is 22.8. The number of hydrogen-bond acceptors (Lipinski definition) is 4. The van der Waals surface area contributed by atoms with Crippen molar-refractivity contribution < 1.29 is 0 Å². The number of hydrogen-bond donors (Lipinski definition) is 0. The second-order valence-electron chi connectivity index (χ2n) is 9.30. The number of hydrazone groups is 1. The second-order valence-corrected chi connectivity index (χ2v) is 10.6. The van der Waals surface area contributed by atoms with Crippen LogP contribution >= 0.6 is 8.37 Å². The minimum absolute atomic E-state index is 0.302. The molecule has 176 valence electrons. The van der Waals surface area contributed by atoms with Crippen LogP contribution in [0.5, 0.6) is 0 Å². The van der Waals surface area contributed by atoms with E-state index in [0.29, 0.717) is 0 Å². The van der Waals surface area contributed by atoms with Crippen molar-refractivity contribution in [2.24, 2.45) is 14.6 Å². The van der Waals surface area contributed by atoms with Crippen molar-refractivity contribution in [3.63, 3.8) is 0 Å². The normalized spacial score (nSPS) is 10.8. The summed E-state index contributed by atoms with van der Waals surface area (Å²) < 4.78 is 12.2. The summed E-state index contributed by atoms with van der Waals surface area (Å²) in [6, 6.07) is 0. The van der Waals surface area contributed by atoms with E-state index in [-0.39, 0.29) is 5.54 Å². The van der Waals surface area contributed by atoms with Crippen LogP contribution in [0.25, 0.3) is 0 Å². The van der Waals surface area contributed by atoms with Gasteiger partial charge in [-0.2, -0.15) is 9.53 Å². The molecule has 0 unspecified atom stereocenters. The fourth-order valence-corrected chi connectivity index (χ4v) is 4.49. The van der Waals surface area contributed by atoms with Crippen LogP contribution in [-0.2, 0) is 0 Å². The van der Waals surface area contributed by atoms with Crippen molar-refractivity contribution in [2.75, 3.05) is 84.6 Å². The average Bonchev–Trinajstić information content (AvgIpc) is 2.52. The van der Waals surface area contributed by atoms with Crippen LogP contribution in [0.15, 0.2) is 14.6 Å². The molecule has 0 amide bonds. The van der Waals surface area contributed by atoms with E-state index in [0.717, 1.165) is 17.9 Å². The standard InChI is InChI=1S/C19H45N10P/c1-19(2,3)29(20-16(23(4)5)24(6)7)30(21-17(25(8)9)26(10)11)22-18(27(12)13)28(14)15/h1-15H3. The molecular weight excluding hydrogens is 399 g/mol. The topological polar surface area (TPSA) is 59.8 Å². The van der Waals surface area contributed by atoms with Gasteiger partial charge in [0.05, 0.1) is 5.54 Å². The van der Waals surface area contributed by atoms with Gasteiger partial charge >= 0.3 is 0 Å². The van der Waals surface area contributed by atoms with Crippen LogP contribution in [0.4, 0.5) is 0 Å². The highest BCUT2D eigenvalue weighted by molar-refractivity contribution is 7.52. The molecule has 0 radical (unpaired) electrons. The van der Waals surface area contributed by atoms with Gasteiger partial charge < -0.3 is 29.4 Å². The molecule has 30 heavy (non-hydrogen) atoms. The van der Waals surface area contributed by atoms with Gasteiger partial charge in [0.2, 0.25) is 17.9 Å². The van der Waals surface area contributed by atoms with Gasteiger partial charge in [-0.25, -0.2) is 4.78 Å². The third kappa shape index (κ3) is 8.42. The molecule has 0 rings (SSSR count).